The van der Waals surface area contributed by atoms with Gasteiger partial charge in [-0.2, -0.15) is 0 Å². The lowest BCUT2D eigenvalue weighted by molar-refractivity contribution is -0.121. The van der Waals surface area contributed by atoms with Gasteiger partial charge in [0.1, 0.15) is 0 Å². The first kappa shape index (κ1) is 15.4. The van der Waals surface area contributed by atoms with Gasteiger partial charge in [-0.25, -0.2) is 0 Å². The summed E-state index contributed by atoms with van der Waals surface area (Å²) >= 11 is 0. The van der Waals surface area contributed by atoms with E-state index in [9.17, 15) is 4.79 Å². The van der Waals surface area contributed by atoms with Crippen LogP contribution in [0.2, 0.25) is 0 Å². The highest BCUT2D eigenvalue weighted by Gasteiger charge is 2.15. The zero-order valence-electron chi connectivity index (χ0n) is 12.2. The Hall–Kier alpha value is -0.610. The molecule has 1 atom stereocenters. The zero-order valence-corrected chi connectivity index (χ0v) is 12.2. The predicted octanol–water partition coefficient (Wildman–Crippen LogP) is 1.22. The molecule has 2 N–H and O–H groups in total. The molecule has 18 heavy (non-hydrogen) atoms. The Morgan fingerprint density at radius 2 is 2.28 bits per heavy atom. The quantitative estimate of drug-likeness (QED) is 0.641. The minimum Gasteiger partial charge on any atom is -0.356 e. The van der Waals surface area contributed by atoms with Crippen LogP contribution in [-0.4, -0.2) is 50.1 Å². The summed E-state index contributed by atoms with van der Waals surface area (Å²) in [4.78, 5) is 13.9. The predicted molar refractivity (Wildman–Crippen MR) is 75.6 cm³/mol. The maximum Gasteiger partial charge on any atom is 0.220 e. The van der Waals surface area contributed by atoms with E-state index in [-0.39, 0.29) is 5.91 Å². The van der Waals surface area contributed by atoms with Crippen molar-refractivity contribution in [3.05, 3.63) is 0 Å². The maximum atomic E-state index is 11.6. The average Bonchev–Trinajstić information content (AvgIpc) is 2.84. The third-order valence-electron chi connectivity index (χ3n) is 3.83. The topological polar surface area (TPSA) is 44.4 Å². The number of amides is 1. The van der Waals surface area contributed by atoms with Crippen molar-refractivity contribution in [1.82, 2.24) is 15.5 Å². The van der Waals surface area contributed by atoms with E-state index in [0.29, 0.717) is 18.4 Å². The van der Waals surface area contributed by atoms with Gasteiger partial charge in [0.05, 0.1) is 0 Å². The van der Waals surface area contributed by atoms with E-state index in [1.807, 2.05) is 0 Å². The molecule has 1 unspecified atom stereocenters. The molecule has 4 nitrogen and oxygen atoms in total. The molecule has 1 rings (SSSR count). The maximum absolute atomic E-state index is 11.6. The normalized spacial score (nSPS) is 19.7. The first-order valence-electron chi connectivity index (χ1n) is 7.27. The molecule has 0 aromatic carbocycles. The first-order valence-corrected chi connectivity index (χ1v) is 7.27. The number of hydrogen-bond acceptors (Lipinski definition) is 3. The number of carbonyl (C=O) groups is 1. The highest BCUT2D eigenvalue weighted by Crippen LogP contribution is 2.13. The summed E-state index contributed by atoms with van der Waals surface area (Å²) in [6.45, 7) is 8.44. The lowest BCUT2D eigenvalue weighted by Crippen LogP contribution is -2.31. The zero-order chi connectivity index (χ0) is 13.4. The Morgan fingerprint density at radius 3 is 2.89 bits per heavy atom. The van der Waals surface area contributed by atoms with Gasteiger partial charge in [0, 0.05) is 19.0 Å². The molecule has 0 aromatic rings. The molecule has 0 saturated carbocycles. The van der Waals surface area contributed by atoms with Crippen LogP contribution in [0.15, 0.2) is 0 Å². The fourth-order valence-corrected chi connectivity index (χ4v) is 2.20. The van der Waals surface area contributed by atoms with Gasteiger partial charge in [-0.15, -0.1) is 0 Å². The SMILES string of the molecule is CC(C)N(C)CCCNC(=O)CCC1CCNC1. The third kappa shape index (κ3) is 6.36. The van der Waals surface area contributed by atoms with Crippen molar-refractivity contribution >= 4 is 5.91 Å². The molecule has 1 fully saturated rings. The van der Waals surface area contributed by atoms with Gasteiger partial charge in [0.25, 0.3) is 0 Å². The smallest absolute Gasteiger partial charge is 0.220 e. The first-order chi connectivity index (χ1) is 8.59. The van der Waals surface area contributed by atoms with E-state index in [1.165, 1.54) is 6.42 Å². The molecule has 0 aromatic heterocycles. The van der Waals surface area contributed by atoms with Crippen LogP contribution in [-0.2, 0) is 4.79 Å². The molecule has 0 spiro atoms. The third-order valence-corrected chi connectivity index (χ3v) is 3.83. The van der Waals surface area contributed by atoms with Crippen LogP contribution >= 0.6 is 0 Å². The molecule has 0 aliphatic carbocycles. The number of rotatable bonds is 8. The van der Waals surface area contributed by atoms with Crippen LogP contribution in [0.25, 0.3) is 0 Å². The summed E-state index contributed by atoms with van der Waals surface area (Å²) in [6, 6.07) is 0.579. The molecule has 1 heterocycles. The van der Waals surface area contributed by atoms with Gasteiger partial charge < -0.3 is 15.5 Å². The number of carbonyl (C=O) groups excluding carboxylic acids is 1. The van der Waals surface area contributed by atoms with E-state index >= 15 is 0 Å². The van der Waals surface area contributed by atoms with Gasteiger partial charge >= 0.3 is 0 Å². The summed E-state index contributed by atoms with van der Waals surface area (Å²) in [5, 5.41) is 6.35. The second-order valence-electron chi connectivity index (χ2n) is 5.68. The summed E-state index contributed by atoms with van der Waals surface area (Å²) in [7, 11) is 2.12. The molecule has 4 heteroatoms. The lowest BCUT2D eigenvalue weighted by atomic mass is 10.0. The van der Waals surface area contributed by atoms with Crippen LogP contribution in [0.4, 0.5) is 0 Å². The number of hydrogen-bond donors (Lipinski definition) is 2. The number of nitrogens with one attached hydrogen (secondary N) is 2. The Labute approximate surface area is 111 Å². The van der Waals surface area contributed by atoms with E-state index in [0.717, 1.165) is 39.0 Å². The summed E-state index contributed by atoms with van der Waals surface area (Å²) in [5.74, 6) is 0.928. The Kier molecular flexibility index (Phi) is 7.28. The van der Waals surface area contributed by atoms with Crippen LogP contribution < -0.4 is 10.6 Å². The van der Waals surface area contributed by atoms with Gasteiger partial charge in [-0.05, 0) is 65.7 Å². The highest BCUT2D eigenvalue weighted by molar-refractivity contribution is 5.75. The molecule has 1 amide bonds. The lowest BCUT2D eigenvalue weighted by Gasteiger charge is -2.20. The van der Waals surface area contributed by atoms with Crippen molar-refractivity contribution in [3.63, 3.8) is 0 Å². The largest absolute Gasteiger partial charge is 0.356 e. The fourth-order valence-electron chi connectivity index (χ4n) is 2.20. The van der Waals surface area contributed by atoms with Crippen LogP contribution in [0.5, 0.6) is 0 Å². The second-order valence-corrected chi connectivity index (χ2v) is 5.68. The van der Waals surface area contributed by atoms with E-state index < -0.39 is 0 Å². The molecule has 0 bridgehead atoms. The number of nitrogens with zero attached hydrogens (tertiary/aromatic N) is 1. The second kappa shape index (κ2) is 8.48. The molecule has 1 aliphatic rings. The molecule has 1 saturated heterocycles. The van der Waals surface area contributed by atoms with Crippen molar-refractivity contribution < 1.29 is 4.79 Å². The standard InChI is InChI=1S/C14H29N3O/c1-12(2)17(3)10-4-8-16-14(18)6-5-13-7-9-15-11-13/h12-13,15H,4-11H2,1-3H3,(H,16,18). The van der Waals surface area contributed by atoms with Crippen molar-refractivity contribution in [2.45, 2.75) is 45.6 Å². The van der Waals surface area contributed by atoms with Gasteiger partial charge in [-0.1, -0.05) is 0 Å². The van der Waals surface area contributed by atoms with E-state index in [2.05, 4.69) is 36.4 Å². The van der Waals surface area contributed by atoms with Crippen LogP contribution in [0.3, 0.4) is 0 Å². The Balaban J connectivity index is 1.96. The molecular formula is C14H29N3O. The van der Waals surface area contributed by atoms with Crippen molar-refractivity contribution in [3.8, 4) is 0 Å². The summed E-state index contributed by atoms with van der Waals surface area (Å²) < 4.78 is 0. The van der Waals surface area contributed by atoms with E-state index in [1.54, 1.807) is 0 Å². The molecular weight excluding hydrogens is 226 g/mol. The molecule has 0 radical (unpaired) electrons. The summed E-state index contributed by atoms with van der Waals surface area (Å²) in [6.07, 6.45) is 3.98. The Morgan fingerprint density at radius 1 is 1.50 bits per heavy atom. The molecule has 106 valence electrons. The van der Waals surface area contributed by atoms with Crippen molar-refractivity contribution in [2.24, 2.45) is 5.92 Å². The van der Waals surface area contributed by atoms with Gasteiger partial charge in [0.15, 0.2) is 0 Å². The van der Waals surface area contributed by atoms with E-state index in [4.69, 9.17) is 0 Å². The van der Waals surface area contributed by atoms with Gasteiger partial charge in [0.2, 0.25) is 5.91 Å². The minimum absolute atomic E-state index is 0.217. The fraction of sp³-hybridized carbons (Fsp3) is 0.929. The summed E-state index contributed by atoms with van der Waals surface area (Å²) in [5.41, 5.74) is 0. The highest BCUT2D eigenvalue weighted by atomic mass is 16.1. The van der Waals surface area contributed by atoms with Crippen molar-refractivity contribution in [2.75, 3.05) is 33.2 Å². The Bertz CT molecular complexity index is 237. The van der Waals surface area contributed by atoms with Crippen molar-refractivity contribution in [1.29, 1.82) is 0 Å². The monoisotopic (exact) mass is 255 g/mol. The average molecular weight is 255 g/mol. The van der Waals surface area contributed by atoms with Crippen LogP contribution in [0.1, 0.15) is 39.5 Å². The van der Waals surface area contributed by atoms with Crippen LogP contribution in [0, 0.1) is 5.92 Å². The minimum atomic E-state index is 0.217. The van der Waals surface area contributed by atoms with Gasteiger partial charge in [-0.3, -0.25) is 4.79 Å². The molecule has 1 aliphatic heterocycles.